The van der Waals surface area contributed by atoms with E-state index in [1.54, 1.807) is 13.2 Å². The minimum absolute atomic E-state index is 0.0593. The number of nitrogens with zero attached hydrogens (tertiary/aromatic N) is 1. The number of hydrogen-bond donors (Lipinski definition) is 3. The zero-order valence-electron chi connectivity index (χ0n) is 14.8. The SMILES string of the molecule is CCNC(=NCC(=O)Nc1cccc(F)c1)NCCCOCCOC. The minimum atomic E-state index is -0.399. The van der Waals surface area contributed by atoms with E-state index in [4.69, 9.17) is 9.47 Å². The van der Waals surface area contributed by atoms with Crippen molar-refractivity contribution in [2.75, 3.05) is 51.9 Å². The molecule has 0 aromatic heterocycles. The molecule has 0 saturated heterocycles. The van der Waals surface area contributed by atoms with E-state index in [1.807, 2.05) is 6.92 Å². The lowest BCUT2D eigenvalue weighted by Gasteiger charge is -2.11. The molecule has 8 heteroatoms. The molecular formula is C17H27FN4O3. The van der Waals surface area contributed by atoms with Crippen molar-refractivity contribution in [2.45, 2.75) is 13.3 Å². The Hall–Kier alpha value is -2.19. The third-order valence-electron chi connectivity index (χ3n) is 3.02. The van der Waals surface area contributed by atoms with Gasteiger partial charge in [-0.15, -0.1) is 0 Å². The van der Waals surface area contributed by atoms with Crippen molar-refractivity contribution in [3.05, 3.63) is 30.1 Å². The molecule has 0 unspecified atom stereocenters. The predicted octanol–water partition coefficient (Wildman–Crippen LogP) is 1.37. The number of aliphatic imine (C=N–C) groups is 1. The molecule has 0 spiro atoms. The number of halogens is 1. The molecule has 140 valence electrons. The maximum absolute atomic E-state index is 13.1. The van der Waals surface area contributed by atoms with E-state index in [0.29, 0.717) is 44.6 Å². The van der Waals surface area contributed by atoms with Crippen LogP contribution in [0.15, 0.2) is 29.3 Å². The van der Waals surface area contributed by atoms with Crippen molar-refractivity contribution in [1.82, 2.24) is 10.6 Å². The number of amides is 1. The Morgan fingerprint density at radius 1 is 1.24 bits per heavy atom. The highest BCUT2D eigenvalue weighted by Crippen LogP contribution is 2.08. The molecule has 3 N–H and O–H groups in total. The summed E-state index contributed by atoms with van der Waals surface area (Å²) in [5.74, 6) is -0.163. The summed E-state index contributed by atoms with van der Waals surface area (Å²) in [4.78, 5) is 16.1. The van der Waals surface area contributed by atoms with Gasteiger partial charge in [-0.2, -0.15) is 0 Å². The van der Waals surface area contributed by atoms with Gasteiger partial charge in [-0.1, -0.05) is 6.07 Å². The molecular weight excluding hydrogens is 327 g/mol. The van der Waals surface area contributed by atoms with Crippen LogP contribution in [0.3, 0.4) is 0 Å². The molecule has 1 aromatic carbocycles. The molecule has 0 heterocycles. The van der Waals surface area contributed by atoms with Crippen LogP contribution >= 0.6 is 0 Å². The first-order valence-electron chi connectivity index (χ1n) is 8.30. The van der Waals surface area contributed by atoms with Crippen LogP contribution in [0.4, 0.5) is 10.1 Å². The molecule has 0 saturated carbocycles. The Balaban J connectivity index is 2.32. The molecule has 0 fully saturated rings. The van der Waals surface area contributed by atoms with Gasteiger partial charge in [-0.3, -0.25) is 4.79 Å². The maximum Gasteiger partial charge on any atom is 0.246 e. The van der Waals surface area contributed by atoms with Gasteiger partial charge in [-0.25, -0.2) is 9.38 Å². The molecule has 0 bridgehead atoms. The summed E-state index contributed by atoms with van der Waals surface area (Å²) in [6.45, 7) is 5.01. The molecule has 0 aliphatic heterocycles. The summed E-state index contributed by atoms with van der Waals surface area (Å²) in [5.41, 5.74) is 0.409. The molecule has 25 heavy (non-hydrogen) atoms. The zero-order valence-corrected chi connectivity index (χ0v) is 14.8. The maximum atomic E-state index is 13.1. The number of rotatable bonds is 11. The fourth-order valence-electron chi connectivity index (χ4n) is 1.88. The Kier molecular flexibility index (Phi) is 11.0. The smallest absolute Gasteiger partial charge is 0.246 e. The Morgan fingerprint density at radius 2 is 2.08 bits per heavy atom. The van der Waals surface area contributed by atoms with Crippen molar-refractivity contribution in [3.8, 4) is 0 Å². The van der Waals surface area contributed by atoms with Gasteiger partial charge in [0.15, 0.2) is 5.96 Å². The molecule has 1 aromatic rings. The number of benzene rings is 1. The quantitative estimate of drug-likeness (QED) is 0.318. The monoisotopic (exact) mass is 354 g/mol. The summed E-state index contributed by atoms with van der Waals surface area (Å²) in [5, 5.41) is 8.79. The second-order valence-corrected chi connectivity index (χ2v) is 5.14. The zero-order chi connectivity index (χ0) is 18.3. The molecule has 1 rings (SSSR count). The van der Waals surface area contributed by atoms with Crippen LogP contribution in [0.25, 0.3) is 0 Å². The number of methoxy groups -OCH3 is 1. The van der Waals surface area contributed by atoms with Crippen molar-refractivity contribution in [3.63, 3.8) is 0 Å². The lowest BCUT2D eigenvalue weighted by molar-refractivity contribution is -0.114. The van der Waals surface area contributed by atoms with Crippen molar-refractivity contribution in [1.29, 1.82) is 0 Å². The highest BCUT2D eigenvalue weighted by molar-refractivity contribution is 5.94. The summed E-state index contributed by atoms with van der Waals surface area (Å²) in [6, 6.07) is 5.74. The Morgan fingerprint density at radius 3 is 2.80 bits per heavy atom. The molecule has 0 aliphatic carbocycles. The standard InChI is InChI=1S/C17H27FN4O3/c1-3-19-17(20-8-5-9-25-11-10-24-2)21-13-16(23)22-15-7-4-6-14(18)12-15/h4,6-7,12H,3,5,8-11,13H2,1-2H3,(H,22,23)(H2,19,20,21). The minimum Gasteiger partial charge on any atom is -0.382 e. The van der Waals surface area contributed by atoms with Gasteiger partial charge in [-0.05, 0) is 31.5 Å². The van der Waals surface area contributed by atoms with E-state index in [0.717, 1.165) is 6.42 Å². The number of ether oxygens (including phenoxy) is 2. The number of hydrogen-bond acceptors (Lipinski definition) is 4. The largest absolute Gasteiger partial charge is 0.382 e. The number of carbonyl (C=O) groups excluding carboxylic acids is 1. The molecule has 0 atom stereocenters. The average molecular weight is 354 g/mol. The van der Waals surface area contributed by atoms with E-state index in [-0.39, 0.29) is 12.5 Å². The van der Waals surface area contributed by atoms with Crippen LogP contribution in [0.2, 0.25) is 0 Å². The van der Waals surface area contributed by atoms with Crippen LogP contribution in [-0.4, -0.2) is 58.4 Å². The molecule has 0 radical (unpaired) electrons. The Bertz CT molecular complexity index is 540. The normalized spacial score (nSPS) is 11.2. The summed E-state index contributed by atoms with van der Waals surface area (Å²) >= 11 is 0. The fraction of sp³-hybridized carbons (Fsp3) is 0.529. The van der Waals surface area contributed by atoms with E-state index < -0.39 is 5.82 Å². The first-order valence-corrected chi connectivity index (χ1v) is 8.30. The van der Waals surface area contributed by atoms with Gasteiger partial charge < -0.3 is 25.4 Å². The van der Waals surface area contributed by atoms with E-state index in [2.05, 4.69) is 20.9 Å². The highest BCUT2D eigenvalue weighted by atomic mass is 19.1. The first kappa shape index (κ1) is 20.9. The number of anilines is 1. The van der Waals surface area contributed by atoms with Gasteiger partial charge in [0.1, 0.15) is 12.4 Å². The summed E-state index contributed by atoms with van der Waals surface area (Å²) in [7, 11) is 1.63. The second-order valence-electron chi connectivity index (χ2n) is 5.14. The second kappa shape index (κ2) is 13.1. The van der Waals surface area contributed by atoms with Crippen LogP contribution in [0.1, 0.15) is 13.3 Å². The fourth-order valence-corrected chi connectivity index (χ4v) is 1.88. The average Bonchev–Trinajstić information content (AvgIpc) is 2.58. The number of carbonyl (C=O) groups is 1. The summed E-state index contributed by atoms with van der Waals surface area (Å²) in [6.07, 6.45) is 0.809. The van der Waals surface area contributed by atoms with E-state index >= 15 is 0 Å². The van der Waals surface area contributed by atoms with Gasteiger partial charge in [0.2, 0.25) is 5.91 Å². The van der Waals surface area contributed by atoms with Crippen LogP contribution in [0.5, 0.6) is 0 Å². The van der Waals surface area contributed by atoms with Gasteiger partial charge in [0, 0.05) is 32.5 Å². The lowest BCUT2D eigenvalue weighted by Crippen LogP contribution is -2.38. The molecule has 0 aliphatic rings. The van der Waals surface area contributed by atoms with Gasteiger partial charge in [0.05, 0.1) is 13.2 Å². The topological polar surface area (TPSA) is 84.0 Å². The van der Waals surface area contributed by atoms with Crippen LogP contribution in [0, 0.1) is 5.82 Å². The predicted molar refractivity (Wildman–Crippen MR) is 96.3 cm³/mol. The third kappa shape index (κ3) is 10.3. The molecule has 7 nitrogen and oxygen atoms in total. The number of nitrogens with one attached hydrogen (secondary N) is 3. The van der Waals surface area contributed by atoms with Crippen molar-refractivity contribution >= 4 is 17.6 Å². The lowest BCUT2D eigenvalue weighted by atomic mass is 10.3. The number of guanidine groups is 1. The van der Waals surface area contributed by atoms with Crippen molar-refractivity contribution in [2.24, 2.45) is 4.99 Å². The van der Waals surface area contributed by atoms with Gasteiger partial charge in [0.25, 0.3) is 0 Å². The highest BCUT2D eigenvalue weighted by Gasteiger charge is 2.04. The Labute approximate surface area is 148 Å². The van der Waals surface area contributed by atoms with E-state index in [9.17, 15) is 9.18 Å². The molecule has 1 amide bonds. The van der Waals surface area contributed by atoms with Crippen molar-refractivity contribution < 1.29 is 18.7 Å². The van der Waals surface area contributed by atoms with Crippen LogP contribution < -0.4 is 16.0 Å². The third-order valence-corrected chi connectivity index (χ3v) is 3.02. The first-order chi connectivity index (χ1) is 12.2. The van der Waals surface area contributed by atoms with Crippen LogP contribution in [-0.2, 0) is 14.3 Å². The van der Waals surface area contributed by atoms with E-state index in [1.165, 1.54) is 18.2 Å². The summed E-state index contributed by atoms with van der Waals surface area (Å²) < 4.78 is 23.4. The van der Waals surface area contributed by atoms with Gasteiger partial charge >= 0.3 is 0 Å².